The standard InChI is InChI=1S/C16H14N2O3/c1-20-16(19)13-5-2-4-12(10-13)11-18-8-7-14(17-18)15-6-3-9-21-15/h2-10H,11H2,1H3. The van der Waals surface area contributed by atoms with Crippen LogP contribution in [0.5, 0.6) is 0 Å². The summed E-state index contributed by atoms with van der Waals surface area (Å²) in [5, 5.41) is 4.45. The summed E-state index contributed by atoms with van der Waals surface area (Å²) in [6.45, 7) is 0.575. The van der Waals surface area contributed by atoms with Crippen molar-refractivity contribution in [2.24, 2.45) is 0 Å². The predicted molar refractivity (Wildman–Crippen MR) is 76.8 cm³/mol. The van der Waals surface area contributed by atoms with E-state index in [1.165, 1.54) is 7.11 Å². The summed E-state index contributed by atoms with van der Waals surface area (Å²) in [4.78, 5) is 11.5. The molecule has 5 heteroatoms. The fourth-order valence-electron chi connectivity index (χ4n) is 2.11. The van der Waals surface area contributed by atoms with Crippen molar-refractivity contribution in [3.05, 3.63) is 66.1 Å². The lowest BCUT2D eigenvalue weighted by molar-refractivity contribution is 0.0600. The number of furan rings is 1. The minimum Gasteiger partial charge on any atom is -0.465 e. The zero-order chi connectivity index (χ0) is 14.7. The van der Waals surface area contributed by atoms with Crippen molar-refractivity contribution in [1.82, 2.24) is 9.78 Å². The van der Waals surface area contributed by atoms with Crippen LogP contribution in [0.1, 0.15) is 15.9 Å². The van der Waals surface area contributed by atoms with Gasteiger partial charge in [-0.3, -0.25) is 4.68 Å². The fraction of sp³-hybridized carbons (Fsp3) is 0.125. The summed E-state index contributed by atoms with van der Waals surface area (Å²) in [6, 6.07) is 12.9. The largest absolute Gasteiger partial charge is 0.465 e. The zero-order valence-electron chi connectivity index (χ0n) is 11.5. The highest BCUT2D eigenvalue weighted by molar-refractivity contribution is 5.89. The molecule has 0 radical (unpaired) electrons. The minimum absolute atomic E-state index is 0.339. The van der Waals surface area contributed by atoms with E-state index in [4.69, 9.17) is 9.15 Å². The summed E-state index contributed by atoms with van der Waals surface area (Å²) in [6.07, 6.45) is 3.50. The molecule has 5 nitrogen and oxygen atoms in total. The normalized spacial score (nSPS) is 10.5. The van der Waals surface area contributed by atoms with Crippen molar-refractivity contribution in [1.29, 1.82) is 0 Å². The molecule has 0 aliphatic carbocycles. The van der Waals surface area contributed by atoms with Gasteiger partial charge in [0.05, 0.1) is 25.5 Å². The van der Waals surface area contributed by atoms with Gasteiger partial charge in [-0.2, -0.15) is 5.10 Å². The van der Waals surface area contributed by atoms with Crippen molar-refractivity contribution in [2.75, 3.05) is 7.11 Å². The third-order valence-corrected chi connectivity index (χ3v) is 3.11. The number of aromatic nitrogens is 2. The highest BCUT2D eigenvalue weighted by Crippen LogP contribution is 2.17. The Kier molecular flexibility index (Phi) is 3.55. The third-order valence-electron chi connectivity index (χ3n) is 3.11. The van der Waals surface area contributed by atoms with E-state index in [1.807, 2.05) is 36.5 Å². The van der Waals surface area contributed by atoms with Gasteiger partial charge >= 0.3 is 5.97 Å². The Balaban J connectivity index is 1.79. The predicted octanol–water partition coefficient (Wildman–Crippen LogP) is 2.98. The first-order valence-corrected chi connectivity index (χ1v) is 6.51. The van der Waals surface area contributed by atoms with E-state index in [-0.39, 0.29) is 5.97 Å². The van der Waals surface area contributed by atoms with E-state index in [2.05, 4.69) is 5.10 Å². The monoisotopic (exact) mass is 282 g/mol. The molecule has 3 aromatic rings. The Morgan fingerprint density at radius 3 is 2.95 bits per heavy atom. The van der Waals surface area contributed by atoms with Crippen molar-refractivity contribution in [2.45, 2.75) is 6.54 Å². The average Bonchev–Trinajstić information content (AvgIpc) is 3.17. The van der Waals surface area contributed by atoms with Gasteiger partial charge in [0.25, 0.3) is 0 Å². The van der Waals surface area contributed by atoms with E-state index in [1.54, 1.807) is 23.1 Å². The maximum Gasteiger partial charge on any atom is 0.337 e. The molecule has 0 aliphatic heterocycles. The van der Waals surface area contributed by atoms with E-state index < -0.39 is 0 Å². The molecular weight excluding hydrogens is 268 g/mol. The molecule has 106 valence electrons. The first kappa shape index (κ1) is 13.2. The minimum atomic E-state index is -0.339. The Labute approximate surface area is 121 Å². The van der Waals surface area contributed by atoms with E-state index in [0.717, 1.165) is 17.0 Å². The van der Waals surface area contributed by atoms with Crippen molar-refractivity contribution >= 4 is 5.97 Å². The van der Waals surface area contributed by atoms with Crippen LogP contribution in [0, 0.1) is 0 Å². The molecule has 0 fully saturated rings. The number of esters is 1. The van der Waals surface area contributed by atoms with Gasteiger partial charge in [-0.25, -0.2) is 4.79 Å². The smallest absolute Gasteiger partial charge is 0.337 e. The van der Waals surface area contributed by atoms with Crippen LogP contribution in [0.4, 0.5) is 0 Å². The Morgan fingerprint density at radius 2 is 2.19 bits per heavy atom. The Morgan fingerprint density at radius 1 is 1.29 bits per heavy atom. The second-order valence-corrected chi connectivity index (χ2v) is 4.57. The number of carbonyl (C=O) groups excluding carboxylic acids is 1. The molecule has 0 bridgehead atoms. The molecule has 0 amide bonds. The van der Waals surface area contributed by atoms with Crippen molar-refractivity contribution < 1.29 is 13.9 Å². The number of methoxy groups -OCH3 is 1. The van der Waals surface area contributed by atoms with Crippen LogP contribution in [-0.4, -0.2) is 22.9 Å². The lowest BCUT2D eigenvalue weighted by Crippen LogP contribution is -2.04. The fourth-order valence-corrected chi connectivity index (χ4v) is 2.11. The molecule has 0 N–H and O–H groups in total. The number of rotatable bonds is 4. The molecular formula is C16H14N2O3. The van der Waals surface area contributed by atoms with Crippen LogP contribution >= 0.6 is 0 Å². The summed E-state index contributed by atoms with van der Waals surface area (Å²) in [5.41, 5.74) is 2.30. The molecule has 0 saturated heterocycles. The lowest BCUT2D eigenvalue weighted by atomic mass is 10.1. The van der Waals surface area contributed by atoms with Crippen molar-refractivity contribution in [3.63, 3.8) is 0 Å². The molecule has 21 heavy (non-hydrogen) atoms. The lowest BCUT2D eigenvalue weighted by Gasteiger charge is -2.04. The van der Waals surface area contributed by atoms with Crippen LogP contribution < -0.4 is 0 Å². The summed E-state index contributed by atoms with van der Waals surface area (Å²) >= 11 is 0. The molecule has 0 aliphatic rings. The summed E-state index contributed by atoms with van der Waals surface area (Å²) in [5.74, 6) is 0.394. The van der Waals surface area contributed by atoms with Gasteiger partial charge in [0.15, 0.2) is 5.76 Å². The second-order valence-electron chi connectivity index (χ2n) is 4.57. The van der Waals surface area contributed by atoms with Gasteiger partial charge in [0, 0.05) is 6.20 Å². The molecule has 0 unspecified atom stereocenters. The Hall–Kier alpha value is -2.82. The van der Waals surface area contributed by atoms with Gasteiger partial charge in [0.2, 0.25) is 0 Å². The number of nitrogens with zero attached hydrogens (tertiary/aromatic N) is 2. The topological polar surface area (TPSA) is 57.3 Å². The van der Waals surface area contributed by atoms with Gasteiger partial charge < -0.3 is 9.15 Å². The van der Waals surface area contributed by atoms with Crippen LogP contribution in [0.3, 0.4) is 0 Å². The van der Waals surface area contributed by atoms with Gasteiger partial charge in [0.1, 0.15) is 5.69 Å². The molecule has 2 aromatic heterocycles. The van der Waals surface area contributed by atoms with Crippen LogP contribution in [0.2, 0.25) is 0 Å². The maximum absolute atomic E-state index is 11.5. The first-order valence-electron chi connectivity index (χ1n) is 6.51. The molecule has 0 spiro atoms. The van der Waals surface area contributed by atoms with Crippen LogP contribution in [0.25, 0.3) is 11.5 Å². The van der Waals surface area contributed by atoms with Gasteiger partial charge in [-0.15, -0.1) is 0 Å². The molecule has 3 rings (SSSR count). The Bertz CT molecular complexity index is 744. The molecule has 0 saturated carbocycles. The number of benzene rings is 1. The average molecular weight is 282 g/mol. The number of ether oxygens (including phenoxy) is 1. The number of carbonyl (C=O) groups is 1. The van der Waals surface area contributed by atoms with Gasteiger partial charge in [-0.05, 0) is 35.9 Å². The first-order chi connectivity index (χ1) is 10.3. The second kappa shape index (κ2) is 5.66. The zero-order valence-corrected chi connectivity index (χ0v) is 11.5. The van der Waals surface area contributed by atoms with E-state index >= 15 is 0 Å². The number of hydrogen-bond donors (Lipinski definition) is 0. The molecule has 0 atom stereocenters. The quantitative estimate of drug-likeness (QED) is 0.690. The van der Waals surface area contributed by atoms with E-state index in [9.17, 15) is 4.79 Å². The highest BCUT2D eigenvalue weighted by Gasteiger charge is 2.08. The summed E-state index contributed by atoms with van der Waals surface area (Å²) in [7, 11) is 1.37. The highest BCUT2D eigenvalue weighted by atomic mass is 16.5. The van der Waals surface area contributed by atoms with Crippen molar-refractivity contribution in [3.8, 4) is 11.5 Å². The summed E-state index contributed by atoms with van der Waals surface area (Å²) < 4.78 is 11.8. The van der Waals surface area contributed by atoms with Crippen LogP contribution in [-0.2, 0) is 11.3 Å². The van der Waals surface area contributed by atoms with E-state index in [0.29, 0.717) is 12.1 Å². The molecule has 1 aromatic carbocycles. The third kappa shape index (κ3) is 2.86. The SMILES string of the molecule is COC(=O)c1cccc(Cn2ccc(-c3ccco3)n2)c1. The maximum atomic E-state index is 11.5. The van der Waals surface area contributed by atoms with Crippen LogP contribution in [0.15, 0.2) is 59.3 Å². The van der Waals surface area contributed by atoms with Gasteiger partial charge in [-0.1, -0.05) is 12.1 Å². The number of hydrogen-bond acceptors (Lipinski definition) is 4. The molecule has 2 heterocycles.